The summed E-state index contributed by atoms with van der Waals surface area (Å²) in [5.41, 5.74) is 0.752. The van der Waals surface area contributed by atoms with E-state index >= 15 is 0 Å². The maximum absolute atomic E-state index is 12.2. The molecule has 0 heterocycles. The van der Waals surface area contributed by atoms with Gasteiger partial charge in [0.25, 0.3) is 5.91 Å². The van der Waals surface area contributed by atoms with Crippen molar-refractivity contribution >= 4 is 29.1 Å². The SMILES string of the molecule is COc1cc(NC(C)=O)c(Cl)cc1C(=O)NCCCN(C)C. The molecule has 7 heteroatoms. The van der Waals surface area contributed by atoms with Gasteiger partial charge in [-0.2, -0.15) is 0 Å². The Morgan fingerprint density at radius 2 is 2.00 bits per heavy atom. The summed E-state index contributed by atoms with van der Waals surface area (Å²) in [6.45, 7) is 2.83. The van der Waals surface area contributed by atoms with Crippen LogP contribution in [0, 0.1) is 0 Å². The number of benzene rings is 1. The monoisotopic (exact) mass is 327 g/mol. The molecule has 2 amide bonds. The number of nitrogens with zero attached hydrogens (tertiary/aromatic N) is 1. The lowest BCUT2D eigenvalue weighted by Crippen LogP contribution is -2.27. The van der Waals surface area contributed by atoms with Crippen molar-refractivity contribution in [3.63, 3.8) is 0 Å². The molecule has 2 N–H and O–H groups in total. The third kappa shape index (κ3) is 5.54. The number of anilines is 1. The van der Waals surface area contributed by atoms with Crippen molar-refractivity contribution in [2.75, 3.05) is 39.6 Å². The van der Waals surface area contributed by atoms with E-state index in [1.165, 1.54) is 20.1 Å². The van der Waals surface area contributed by atoms with Gasteiger partial charge in [-0.15, -0.1) is 0 Å². The van der Waals surface area contributed by atoms with Crippen molar-refractivity contribution in [3.8, 4) is 5.75 Å². The zero-order chi connectivity index (χ0) is 16.7. The summed E-state index contributed by atoms with van der Waals surface area (Å²) in [6.07, 6.45) is 0.846. The van der Waals surface area contributed by atoms with Gasteiger partial charge in [0.05, 0.1) is 23.4 Å². The normalized spacial score (nSPS) is 10.5. The van der Waals surface area contributed by atoms with Crippen molar-refractivity contribution in [3.05, 3.63) is 22.7 Å². The Morgan fingerprint density at radius 1 is 1.32 bits per heavy atom. The predicted octanol–water partition coefficient (Wildman–Crippen LogP) is 1.99. The molecule has 0 aliphatic rings. The number of methoxy groups -OCH3 is 1. The topological polar surface area (TPSA) is 70.7 Å². The molecule has 0 aliphatic carbocycles. The van der Waals surface area contributed by atoms with Gasteiger partial charge in [0.1, 0.15) is 5.75 Å². The van der Waals surface area contributed by atoms with Crippen LogP contribution >= 0.6 is 11.6 Å². The molecular formula is C15H22ClN3O3. The highest BCUT2D eigenvalue weighted by atomic mass is 35.5. The maximum atomic E-state index is 12.2. The summed E-state index contributed by atoms with van der Waals surface area (Å²) >= 11 is 6.09. The fourth-order valence-electron chi connectivity index (χ4n) is 1.88. The zero-order valence-electron chi connectivity index (χ0n) is 13.3. The molecule has 6 nitrogen and oxygen atoms in total. The summed E-state index contributed by atoms with van der Waals surface area (Å²) < 4.78 is 5.21. The molecule has 1 aromatic carbocycles. The average molecular weight is 328 g/mol. The number of amides is 2. The summed E-state index contributed by atoms with van der Waals surface area (Å²) in [4.78, 5) is 25.4. The van der Waals surface area contributed by atoms with E-state index in [1.54, 1.807) is 6.07 Å². The highest BCUT2D eigenvalue weighted by Crippen LogP contribution is 2.31. The number of halogens is 1. The van der Waals surface area contributed by atoms with Gasteiger partial charge >= 0.3 is 0 Å². The van der Waals surface area contributed by atoms with Crippen molar-refractivity contribution in [2.24, 2.45) is 0 Å². The lowest BCUT2D eigenvalue weighted by atomic mass is 10.1. The first-order valence-corrected chi connectivity index (χ1v) is 7.31. The molecule has 0 spiro atoms. The molecule has 0 saturated carbocycles. The Hall–Kier alpha value is -1.79. The van der Waals surface area contributed by atoms with Crippen molar-refractivity contribution in [1.29, 1.82) is 0 Å². The highest BCUT2D eigenvalue weighted by molar-refractivity contribution is 6.34. The minimum Gasteiger partial charge on any atom is -0.496 e. The lowest BCUT2D eigenvalue weighted by Gasteiger charge is -2.14. The van der Waals surface area contributed by atoms with Crippen LogP contribution in [0.1, 0.15) is 23.7 Å². The predicted molar refractivity (Wildman–Crippen MR) is 87.8 cm³/mol. The fraction of sp³-hybridized carbons (Fsp3) is 0.467. The zero-order valence-corrected chi connectivity index (χ0v) is 14.1. The third-order valence-corrected chi connectivity index (χ3v) is 3.22. The van der Waals surface area contributed by atoms with E-state index in [9.17, 15) is 9.59 Å². The number of hydrogen-bond acceptors (Lipinski definition) is 4. The van der Waals surface area contributed by atoms with Crippen molar-refractivity contribution in [1.82, 2.24) is 10.2 Å². The molecule has 0 fully saturated rings. The van der Waals surface area contributed by atoms with Crippen molar-refractivity contribution in [2.45, 2.75) is 13.3 Å². The highest BCUT2D eigenvalue weighted by Gasteiger charge is 2.16. The van der Waals surface area contributed by atoms with Crippen LogP contribution in [0.25, 0.3) is 0 Å². The molecule has 122 valence electrons. The van der Waals surface area contributed by atoms with Gasteiger partial charge in [0.2, 0.25) is 5.91 Å². The number of rotatable bonds is 7. The quantitative estimate of drug-likeness (QED) is 0.751. The Kier molecular flexibility index (Phi) is 7.14. The molecule has 0 radical (unpaired) electrons. The smallest absolute Gasteiger partial charge is 0.255 e. The van der Waals surface area contributed by atoms with Gasteiger partial charge in [-0.05, 0) is 33.1 Å². The third-order valence-electron chi connectivity index (χ3n) is 2.91. The van der Waals surface area contributed by atoms with Gasteiger partial charge in [0, 0.05) is 19.5 Å². The van der Waals surface area contributed by atoms with Gasteiger partial charge in [-0.3, -0.25) is 9.59 Å². The first-order valence-electron chi connectivity index (χ1n) is 6.93. The second-order valence-electron chi connectivity index (χ2n) is 5.13. The lowest BCUT2D eigenvalue weighted by molar-refractivity contribution is -0.114. The average Bonchev–Trinajstić information content (AvgIpc) is 2.44. The van der Waals surface area contributed by atoms with E-state index in [2.05, 4.69) is 10.6 Å². The van der Waals surface area contributed by atoms with E-state index < -0.39 is 0 Å². The number of ether oxygens (including phenoxy) is 1. The number of nitrogens with one attached hydrogen (secondary N) is 2. The van der Waals surface area contributed by atoms with Gasteiger partial charge < -0.3 is 20.3 Å². The fourth-order valence-corrected chi connectivity index (χ4v) is 2.09. The first-order chi connectivity index (χ1) is 10.3. The minimum absolute atomic E-state index is 0.246. The maximum Gasteiger partial charge on any atom is 0.255 e. The molecule has 0 bridgehead atoms. The second-order valence-corrected chi connectivity index (χ2v) is 5.53. The van der Waals surface area contributed by atoms with Gasteiger partial charge in [-0.25, -0.2) is 0 Å². The van der Waals surface area contributed by atoms with E-state index in [4.69, 9.17) is 16.3 Å². The Balaban J connectivity index is 2.82. The molecule has 22 heavy (non-hydrogen) atoms. The van der Waals surface area contributed by atoms with Crippen LogP contribution in [0.5, 0.6) is 5.75 Å². The standard InChI is InChI=1S/C15H22ClN3O3/c1-10(20)18-13-9-14(22-4)11(8-12(13)16)15(21)17-6-5-7-19(2)3/h8-9H,5-7H2,1-4H3,(H,17,21)(H,18,20). The van der Waals surface area contributed by atoms with Crippen LogP contribution in [0.2, 0.25) is 5.02 Å². The van der Waals surface area contributed by atoms with E-state index in [0.29, 0.717) is 23.5 Å². The molecule has 1 aromatic rings. The van der Waals surface area contributed by atoms with Crippen LogP contribution in [0.3, 0.4) is 0 Å². The van der Waals surface area contributed by atoms with Gasteiger partial charge in [-0.1, -0.05) is 11.6 Å². The minimum atomic E-state index is -0.258. The molecule has 0 aromatic heterocycles. The summed E-state index contributed by atoms with van der Waals surface area (Å²) in [7, 11) is 5.42. The first kappa shape index (κ1) is 18.3. The van der Waals surface area contributed by atoms with E-state index in [-0.39, 0.29) is 16.8 Å². The largest absolute Gasteiger partial charge is 0.496 e. The summed E-state index contributed by atoms with van der Waals surface area (Å²) in [6, 6.07) is 3.03. The molecule has 1 rings (SSSR count). The Labute approximate surface area is 135 Å². The van der Waals surface area contributed by atoms with Crippen LogP contribution in [0.4, 0.5) is 5.69 Å². The van der Waals surface area contributed by atoms with Crippen LogP contribution in [-0.4, -0.2) is 51.0 Å². The number of carbonyl (C=O) groups excluding carboxylic acids is 2. The second kappa shape index (κ2) is 8.60. The number of hydrogen-bond donors (Lipinski definition) is 2. The number of carbonyl (C=O) groups is 2. The summed E-state index contributed by atoms with van der Waals surface area (Å²) in [5, 5.41) is 5.70. The van der Waals surface area contributed by atoms with Crippen LogP contribution < -0.4 is 15.4 Å². The van der Waals surface area contributed by atoms with Gasteiger partial charge in [0.15, 0.2) is 0 Å². The van der Waals surface area contributed by atoms with E-state index in [0.717, 1.165) is 13.0 Å². The van der Waals surface area contributed by atoms with Crippen molar-refractivity contribution < 1.29 is 14.3 Å². The molecule has 0 atom stereocenters. The summed E-state index contributed by atoms with van der Waals surface area (Å²) in [5.74, 6) is -0.144. The van der Waals surface area contributed by atoms with E-state index in [1.807, 2.05) is 19.0 Å². The molecule has 0 saturated heterocycles. The molecule has 0 unspecified atom stereocenters. The van der Waals surface area contributed by atoms with Crippen LogP contribution in [0.15, 0.2) is 12.1 Å². The molecular weight excluding hydrogens is 306 g/mol. The molecule has 0 aliphatic heterocycles. The Morgan fingerprint density at radius 3 is 2.55 bits per heavy atom. The Bertz CT molecular complexity index is 547. The van der Waals surface area contributed by atoms with Crippen LogP contribution in [-0.2, 0) is 4.79 Å².